The van der Waals surface area contributed by atoms with E-state index in [4.69, 9.17) is 4.74 Å². The first-order chi connectivity index (χ1) is 8.84. The molecule has 4 nitrogen and oxygen atoms in total. The Morgan fingerprint density at radius 3 is 3.17 bits per heavy atom. The predicted molar refractivity (Wildman–Crippen MR) is 69.9 cm³/mol. The molecule has 2 heterocycles. The molecule has 0 aliphatic carbocycles. The summed E-state index contributed by atoms with van der Waals surface area (Å²) in [7, 11) is 0. The van der Waals surface area contributed by atoms with Crippen LogP contribution in [0.1, 0.15) is 12.8 Å². The summed E-state index contributed by atoms with van der Waals surface area (Å²) in [5, 5.41) is 3.30. The van der Waals surface area contributed by atoms with Gasteiger partial charge in [-0.15, -0.1) is 0 Å². The molecule has 3 rings (SSSR count). The highest BCUT2D eigenvalue weighted by Crippen LogP contribution is 2.31. The van der Waals surface area contributed by atoms with Gasteiger partial charge in [0.05, 0.1) is 12.2 Å². The Morgan fingerprint density at radius 1 is 1.44 bits per heavy atom. The highest BCUT2D eigenvalue weighted by molar-refractivity contribution is 5.95. The van der Waals surface area contributed by atoms with Gasteiger partial charge in [-0.05, 0) is 37.6 Å². The summed E-state index contributed by atoms with van der Waals surface area (Å²) in [5.74, 6) is 1.54. The van der Waals surface area contributed by atoms with E-state index < -0.39 is 0 Å². The largest absolute Gasteiger partial charge is 0.490 e. The number of hydrogen-bond acceptors (Lipinski definition) is 3. The molecule has 1 saturated heterocycles. The van der Waals surface area contributed by atoms with E-state index in [1.807, 2.05) is 29.2 Å². The Labute approximate surface area is 107 Å². The molecule has 0 aromatic heterocycles. The first-order valence-corrected chi connectivity index (χ1v) is 6.57. The van der Waals surface area contributed by atoms with Gasteiger partial charge in [-0.3, -0.25) is 4.79 Å². The van der Waals surface area contributed by atoms with Crippen LogP contribution in [0.15, 0.2) is 24.3 Å². The number of nitrogens with zero attached hydrogens (tertiary/aromatic N) is 1. The van der Waals surface area contributed by atoms with Crippen molar-refractivity contribution < 1.29 is 9.53 Å². The summed E-state index contributed by atoms with van der Waals surface area (Å²) in [6, 6.07) is 7.77. The molecule has 2 aliphatic heterocycles. The first-order valence-electron chi connectivity index (χ1n) is 6.57. The Morgan fingerprint density at radius 2 is 2.33 bits per heavy atom. The van der Waals surface area contributed by atoms with E-state index in [1.54, 1.807) is 0 Å². The van der Waals surface area contributed by atoms with Gasteiger partial charge in [-0.1, -0.05) is 12.1 Å². The molecule has 96 valence electrons. The average Bonchev–Trinajstić information content (AvgIpc) is 2.91. The molecule has 1 atom stereocenters. The highest BCUT2D eigenvalue weighted by Gasteiger charge is 2.26. The van der Waals surface area contributed by atoms with E-state index in [-0.39, 0.29) is 5.91 Å². The second-order valence-corrected chi connectivity index (χ2v) is 4.92. The topological polar surface area (TPSA) is 41.6 Å². The summed E-state index contributed by atoms with van der Waals surface area (Å²) in [6.07, 6.45) is 1.75. The van der Waals surface area contributed by atoms with Crippen molar-refractivity contribution in [3.8, 4) is 5.75 Å². The molecule has 1 aromatic rings. The number of hydrogen-bond donors (Lipinski definition) is 1. The third-order valence-electron chi connectivity index (χ3n) is 3.66. The molecule has 0 radical (unpaired) electrons. The number of carbonyl (C=O) groups is 1. The van der Waals surface area contributed by atoms with Crippen LogP contribution in [-0.2, 0) is 4.79 Å². The smallest absolute Gasteiger partial charge is 0.227 e. The molecule has 1 unspecified atom stereocenters. The molecular formula is C14H18N2O2. The van der Waals surface area contributed by atoms with Gasteiger partial charge in [0.2, 0.25) is 5.91 Å². The molecule has 2 aliphatic rings. The Kier molecular flexibility index (Phi) is 3.19. The van der Waals surface area contributed by atoms with Crippen LogP contribution in [0.5, 0.6) is 5.75 Å². The minimum Gasteiger partial charge on any atom is -0.490 e. The third kappa shape index (κ3) is 2.20. The molecule has 1 N–H and O–H groups in total. The fourth-order valence-corrected chi connectivity index (χ4v) is 2.67. The lowest BCUT2D eigenvalue weighted by atomic mass is 10.0. The number of ether oxygens (including phenoxy) is 1. The van der Waals surface area contributed by atoms with E-state index in [2.05, 4.69) is 5.32 Å². The van der Waals surface area contributed by atoms with E-state index >= 15 is 0 Å². The molecule has 0 bridgehead atoms. The van der Waals surface area contributed by atoms with Crippen molar-refractivity contribution in [2.75, 3.05) is 31.1 Å². The van der Waals surface area contributed by atoms with Crippen LogP contribution in [0.2, 0.25) is 0 Å². The predicted octanol–water partition coefficient (Wildman–Crippen LogP) is 1.41. The maximum Gasteiger partial charge on any atom is 0.227 e. The quantitative estimate of drug-likeness (QED) is 0.858. The summed E-state index contributed by atoms with van der Waals surface area (Å²) in [6.45, 7) is 3.26. The molecule has 0 saturated carbocycles. The maximum atomic E-state index is 12.4. The van der Waals surface area contributed by atoms with Crippen LogP contribution in [-0.4, -0.2) is 32.1 Å². The number of benzene rings is 1. The SMILES string of the molecule is O=C(CC1CCNC1)N1CCOc2ccccc21. The fourth-order valence-electron chi connectivity index (χ4n) is 2.67. The summed E-state index contributed by atoms with van der Waals surface area (Å²) in [4.78, 5) is 14.2. The van der Waals surface area contributed by atoms with Gasteiger partial charge in [0.25, 0.3) is 0 Å². The summed E-state index contributed by atoms with van der Waals surface area (Å²) in [5.41, 5.74) is 0.916. The van der Waals surface area contributed by atoms with Crippen molar-refractivity contribution in [3.05, 3.63) is 24.3 Å². The van der Waals surface area contributed by atoms with Gasteiger partial charge in [0.15, 0.2) is 0 Å². The van der Waals surface area contributed by atoms with Crippen LogP contribution >= 0.6 is 0 Å². The van der Waals surface area contributed by atoms with Crippen molar-refractivity contribution in [1.82, 2.24) is 5.32 Å². The number of rotatable bonds is 2. The minimum atomic E-state index is 0.222. The maximum absolute atomic E-state index is 12.4. The molecule has 18 heavy (non-hydrogen) atoms. The molecule has 1 amide bonds. The van der Waals surface area contributed by atoms with E-state index in [0.717, 1.165) is 30.9 Å². The first kappa shape index (κ1) is 11.5. The van der Waals surface area contributed by atoms with Crippen molar-refractivity contribution in [2.45, 2.75) is 12.8 Å². The van der Waals surface area contributed by atoms with Crippen molar-refractivity contribution >= 4 is 11.6 Å². The second-order valence-electron chi connectivity index (χ2n) is 4.92. The second kappa shape index (κ2) is 4.98. The fraction of sp³-hybridized carbons (Fsp3) is 0.500. The molecule has 0 spiro atoms. The number of para-hydroxylation sites is 2. The summed E-state index contributed by atoms with van der Waals surface area (Å²) < 4.78 is 5.57. The average molecular weight is 246 g/mol. The van der Waals surface area contributed by atoms with Crippen LogP contribution in [0.25, 0.3) is 0 Å². The third-order valence-corrected chi connectivity index (χ3v) is 3.66. The monoisotopic (exact) mass is 246 g/mol. The van der Waals surface area contributed by atoms with E-state index in [0.29, 0.717) is 25.5 Å². The van der Waals surface area contributed by atoms with Crippen molar-refractivity contribution in [2.24, 2.45) is 5.92 Å². The van der Waals surface area contributed by atoms with Crippen molar-refractivity contribution in [3.63, 3.8) is 0 Å². The van der Waals surface area contributed by atoms with Gasteiger partial charge in [0.1, 0.15) is 12.4 Å². The number of fused-ring (bicyclic) bond motifs is 1. The Hall–Kier alpha value is -1.55. The van der Waals surface area contributed by atoms with E-state index in [9.17, 15) is 4.79 Å². The van der Waals surface area contributed by atoms with Crippen LogP contribution < -0.4 is 15.0 Å². The van der Waals surface area contributed by atoms with Crippen LogP contribution in [0, 0.1) is 5.92 Å². The zero-order chi connectivity index (χ0) is 12.4. The molecule has 4 heteroatoms. The van der Waals surface area contributed by atoms with Crippen LogP contribution in [0.3, 0.4) is 0 Å². The van der Waals surface area contributed by atoms with Gasteiger partial charge < -0.3 is 15.0 Å². The van der Waals surface area contributed by atoms with Gasteiger partial charge >= 0.3 is 0 Å². The highest BCUT2D eigenvalue weighted by atomic mass is 16.5. The molecule has 1 aromatic carbocycles. The van der Waals surface area contributed by atoms with E-state index in [1.165, 1.54) is 0 Å². The number of amides is 1. The Bertz CT molecular complexity index is 441. The van der Waals surface area contributed by atoms with Gasteiger partial charge in [0, 0.05) is 6.42 Å². The lowest BCUT2D eigenvalue weighted by molar-refractivity contribution is -0.119. The van der Waals surface area contributed by atoms with Gasteiger partial charge in [-0.2, -0.15) is 0 Å². The lowest BCUT2D eigenvalue weighted by Crippen LogP contribution is -2.38. The summed E-state index contributed by atoms with van der Waals surface area (Å²) >= 11 is 0. The zero-order valence-electron chi connectivity index (χ0n) is 10.4. The number of nitrogens with one attached hydrogen (secondary N) is 1. The molecule has 1 fully saturated rings. The van der Waals surface area contributed by atoms with Gasteiger partial charge in [-0.25, -0.2) is 0 Å². The minimum absolute atomic E-state index is 0.222. The van der Waals surface area contributed by atoms with Crippen molar-refractivity contribution in [1.29, 1.82) is 0 Å². The standard InChI is InChI=1S/C14H18N2O2/c17-14(9-11-5-6-15-10-11)16-7-8-18-13-4-2-1-3-12(13)16/h1-4,11,15H,5-10H2. The normalized spacial score (nSPS) is 22.4. The lowest BCUT2D eigenvalue weighted by Gasteiger charge is -2.30. The van der Waals surface area contributed by atoms with Crippen LogP contribution in [0.4, 0.5) is 5.69 Å². The Balaban J connectivity index is 1.74. The zero-order valence-corrected chi connectivity index (χ0v) is 10.4. The number of carbonyl (C=O) groups excluding carboxylic acids is 1. The molecular weight excluding hydrogens is 228 g/mol. The number of anilines is 1.